The van der Waals surface area contributed by atoms with E-state index >= 15 is 0 Å². The number of hydrogen-bond donors (Lipinski definition) is 1. The van der Waals surface area contributed by atoms with Gasteiger partial charge in [-0.1, -0.05) is 30.3 Å². The molecule has 3 heterocycles. The fourth-order valence-electron chi connectivity index (χ4n) is 5.39. The molecule has 4 atom stereocenters. The van der Waals surface area contributed by atoms with Crippen molar-refractivity contribution in [2.75, 3.05) is 53.2 Å². The zero-order chi connectivity index (χ0) is 28.3. The second-order valence-electron chi connectivity index (χ2n) is 10.6. The van der Waals surface area contributed by atoms with Crippen molar-refractivity contribution in [3.8, 4) is 11.5 Å². The van der Waals surface area contributed by atoms with Crippen LogP contribution in [-0.4, -0.2) is 82.1 Å². The highest BCUT2D eigenvalue weighted by Crippen LogP contribution is 2.36. The smallest absolute Gasteiger partial charge is 0.407 e. The summed E-state index contributed by atoms with van der Waals surface area (Å²) in [5, 5.41) is 3.16. The van der Waals surface area contributed by atoms with Gasteiger partial charge in [-0.05, 0) is 68.2 Å². The first-order valence-electron chi connectivity index (χ1n) is 14.7. The van der Waals surface area contributed by atoms with E-state index < -0.39 is 6.09 Å². The highest BCUT2D eigenvalue weighted by molar-refractivity contribution is 7.97. The topological polar surface area (TPSA) is 87.7 Å². The molecule has 0 unspecified atom stereocenters. The summed E-state index contributed by atoms with van der Waals surface area (Å²) in [5.74, 6) is 1.71. The zero-order valence-corrected chi connectivity index (χ0v) is 24.7. The van der Waals surface area contributed by atoms with Crippen LogP contribution in [0.25, 0.3) is 0 Å². The average Bonchev–Trinajstić information content (AvgIpc) is 3.61. The van der Waals surface area contributed by atoms with E-state index in [1.807, 2.05) is 36.4 Å². The summed E-state index contributed by atoms with van der Waals surface area (Å²) in [6.07, 6.45) is 4.43. The quantitative estimate of drug-likeness (QED) is 0.426. The first kappa shape index (κ1) is 30.0. The van der Waals surface area contributed by atoms with Crippen molar-refractivity contribution in [1.82, 2.24) is 9.62 Å². The van der Waals surface area contributed by atoms with Gasteiger partial charge in [0.15, 0.2) is 6.29 Å². The van der Waals surface area contributed by atoms with Crippen LogP contribution in [0.2, 0.25) is 0 Å². The third kappa shape index (κ3) is 8.99. The van der Waals surface area contributed by atoms with Gasteiger partial charge in [-0.3, -0.25) is 0 Å². The molecule has 3 aliphatic rings. The maximum atomic E-state index is 13.1. The van der Waals surface area contributed by atoms with Gasteiger partial charge in [-0.2, -0.15) is 0 Å². The van der Waals surface area contributed by atoms with Crippen LogP contribution >= 0.6 is 11.9 Å². The van der Waals surface area contributed by atoms with Crippen molar-refractivity contribution in [2.45, 2.75) is 61.9 Å². The molecule has 2 aromatic carbocycles. The van der Waals surface area contributed by atoms with Gasteiger partial charge in [0.05, 0.1) is 44.4 Å². The largest absolute Gasteiger partial charge is 0.497 e. The second-order valence-corrected chi connectivity index (χ2v) is 11.8. The Morgan fingerprint density at radius 1 is 1.07 bits per heavy atom. The molecule has 2 saturated heterocycles. The molecule has 1 N–H and O–H groups in total. The lowest BCUT2D eigenvalue weighted by Crippen LogP contribution is -2.41. The van der Waals surface area contributed by atoms with Crippen molar-refractivity contribution in [3.63, 3.8) is 0 Å². The third-order valence-electron chi connectivity index (χ3n) is 7.67. The van der Waals surface area contributed by atoms with Gasteiger partial charge in [0.1, 0.15) is 17.6 Å². The number of fused-ring (bicyclic) bond motifs is 2. The molecule has 2 aromatic rings. The number of amides is 1. The Hall–Kier alpha value is -2.50. The molecule has 41 heavy (non-hydrogen) atoms. The van der Waals surface area contributed by atoms with Crippen LogP contribution in [0.1, 0.15) is 37.7 Å². The van der Waals surface area contributed by atoms with Crippen LogP contribution in [0.4, 0.5) is 4.79 Å². The lowest BCUT2D eigenvalue weighted by molar-refractivity contribution is -0.0907. The molecule has 0 radical (unpaired) electrons. The number of hydrogen-bond acceptors (Lipinski definition) is 9. The van der Waals surface area contributed by atoms with E-state index in [0.717, 1.165) is 73.8 Å². The van der Waals surface area contributed by atoms with Gasteiger partial charge in [-0.25, -0.2) is 9.10 Å². The van der Waals surface area contributed by atoms with Gasteiger partial charge in [0.25, 0.3) is 0 Å². The van der Waals surface area contributed by atoms with E-state index in [1.54, 1.807) is 19.1 Å². The minimum atomic E-state index is -0.404. The summed E-state index contributed by atoms with van der Waals surface area (Å²) < 4.78 is 37.0. The molecule has 0 spiro atoms. The van der Waals surface area contributed by atoms with Crippen LogP contribution in [0.5, 0.6) is 11.5 Å². The molecule has 0 aromatic heterocycles. The molecule has 0 aliphatic carbocycles. The van der Waals surface area contributed by atoms with Crippen molar-refractivity contribution >= 4 is 18.0 Å². The summed E-state index contributed by atoms with van der Waals surface area (Å²) in [6.45, 7) is 4.56. The Kier molecular flexibility index (Phi) is 11.4. The number of rotatable bonds is 8. The van der Waals surface area contributed by atoms with E-state index in [4.69, 9.17) is 28.4 Å². The minimum Gasteiger partial charge on any atom is -0.497 e. The molecular formula is C31H42N2O7S. The van der Waals surface area contributed by atoms with Crippen LogP contribution in [0.15, 0.2) is 53.4 Å². The molecule has 1 amide bonds. The van der Waals surface area contributed by atoms with E-state index in [2.05, 4.69) is 21.8 Å². The van der Waals surface area contributed by atoms with E-state index in [-0.39, 0.29) is 24.4 Å². The van der Waals surface area contributed by atoms with Gasteiger partial charge >= 0.3 is 6.09 Å². The Labute approximate surface area is 247 Å². The summed E-state index contributed by atoms with van der Waals surface area (Å²) in [6, 6.07) is 16.1. The first-order valence-corrected chi connectivity index (χ1v) is 15.5. The molecule has 5 rings (SSSR count). The highest BCUT2D eigenvalue weighted by Gasteiger charge is 2.44. The van der Waals surface area contributed by atoms with Crippen molar-refractivity contribution in [1.29, 1.82) is 0 Å². The predicted octanol–water partition coefficient (Wildman–Crippen LogP) is 5.07. The van der Waals surface area contributed by atoms with Crippen LogP contribution in [-0.2, 0) is 25.4 Å². The van der Waals surface area contributed by atoms with E-state index in [0.29, 0.717) is 32.8 Å². The average molecular weight is 587 g/mol. The normalized spacial score (nSPS) is 24.5. The van der Waals surface area contributed by atoms with Crippen LogP contribution in [0.3, 0.4) is 0 Å². The highest BCUT2D eigenvalue weighted by atomic mass is 32.2. The number of nitrogens with zero attached hydrogens (tertiary/aromatic N) is 1. The minimum absolute atomic E-state index is 0.108. The standard InChI is InChI=1S/C31H42N2O7S/c1-35-25-10-11-29-27(21-25)37-17-7-3-6-16-36-19-15-33(41-29)14-12-24(20-23-8-4-2-5-9-23)32-31(34)40-28-22-39-30-26(28)13-18-38-30/h2,4-5,8-11,21,24,26,28,30H,3,6-7,12-20,22H2,1H3,(H,32,34)/t24-,26+,28+,30-/m1/s1. The maximum Gasteiger partial charge on any atom is 0.407 e. The fourth-order valence-corrected chi connectivity index (χ4v) is 6.37. The number of alkyl carbamates (subject to hydrolysis) is 1. The lowest BCUT2D eigenvalue weighted by Gasteiger charge is -2.26. The molecule has 3 aliphatic heterocycles. The number of ether oxygens (including phenoxy) is 6. The third-order valence-corrected chi connectivity index (χ3v) is 8.83. The fraction of sp³-hybridized carbons (Fsp3) is 0.581. The summed E-state index contributed by atoms with van der Waals surface area (Å²) in [4.78, 5) is 14.1. The molecule has 224 valence electrons. The molecule has 9 nitrogen and oxygen atoms in total. The van der Waals surface area contributed by atoms with Crippen molar-refractivity contribution in [3.05, 3.63) is 54.1 Å². The maximum absolute atomic E-state index is 13.1. The van der Waals surface area contributed by atoms with Crippen molar-refractivity contribution in [2.24, 2.45) is 5.92 Å². The molecule has 0 saturated carbocycles. The van der Waals surface area contributed by atoms with Crippen LogP contribution < -0.4 is 14.8 Å². The summed E-state index contributed by atoms with van der Waals surface area (Å²) in [5.41, 5.74) is 1.16. The number of nitrogens with one attached hydrogen (secondary N) is 1. The molecular weight excluding hydrogens is 544 g/mol. The number of methoxy groups -OCH3 is 1. The summed E-state index contributed by atoms with van der Waals surface area (Å²) in [7, 11) is 1.67. The van der Waals surface area contributed by atoms with Crippen LogP contribution in [0, 0.1) is 5.92 Å². The Morgan fingerprint density at radius 2 is 1.95 bits per heavy atom. The molecule has 10 heteroatoms. The van der Waals surface area contributed by atoms with E-state index in [9.17, 15) is 4.79 Å². The Morgan fingerprint density at radius 3 is 2.83 bits per heavy atom. The number of benzene rings is 2. The first-order chi connectivity index (χ1) is 20.2. The van der Waals surface area contributed by atoms with Gasteiger partial charge in [0.2, 0.25) is 0 Å². The number of carbonyl (C=O) groups excluding carboxylic acids is 1. The van der Waals surface area contributed by atoms with Crippen molar-refractivity contribution < 1.29 is 33.2 Å². The predicted molar refractivity (Wildman–Crippen MR) is 156 cm³/mol. The Balaban J connectivity index is 1.25. The van der Waals surface area contributed by atoms with Gasteiger partial charge < -0.3 is 33.7 Å². The Bertz CT molecular complexity index is 1090. The zero-order valence-electron chi connectivity index (χ0n) is 23.8. The number of carbonyl (C=O) groups is 1. The van der Waals surface area contributed by atoms with Gasteiger partial charge in [0, 0.05) is 31.8 Å². The van der Waals surface area contributed by atoms with E-state index in [1.165, 1.54) is 0 Å². The lowest BCUT2D eigenvalue weighted by atomic mass is 10.0. The molecule has 0 bridgehead atoms. The van der Waals surface area contributed by atoms with Gasteiger partial charge in [-0.15, -0.1) is 0 Å². The monoisotopic (exact) mass is 586 g/mol. The summed E-state index contributed by atoms with van der Waals surface area (Å²) >= 11 is 1.66. The molecule has 2 fully saturated rings. The second kappa shape index (κ2) is 15.7. The SMILES string of the molecule is COc1ccc2c(c1)OCCCCCOCCN(CC[C@H](Cc1ccccc1)NC(=O)O[C@H]1CO[C@H]3OCC[C@H]31)S2.